The Bertz CT molecular complexity index is 1120. The molecule has 0 bridgehead atoms. The molecule has 1 amide bonds. The number of rotatable bonds is 2. The SMILES string of the molecule is Cc1ccc([C@@H]2C(=O)N3c4ccccc4Oc4ccc([N+](=O)[O-])cc4[C@@H]23)cc1. The molecule has 3 aromatic rings. The van der Waals surface area contributed by atoms with Gasteiger partial charge in [0.1, 0.15) is 5.75 Å². The first-order valence-electron chi connectivity index (χ1n) is 8.99. The second-order valence-corrected chi connectivity index (χ2v) is 7.09. The molecule has 6 heteroatoms. The lowest BCUT2D eigenvalue weighted by molar-refractivity contribution is -0.385. The number of anilines is 1. The second kappa shape index (κ2) is 5.92. The lowest BCUT2D eigenvalue weighted by Gasteiger charge is -2.46. The molecule has 0 aromatic heterocycles. The molecule has 6 nitrogen and oxygen atoms in total. The number of amides is 1. The Morgan fingerprint density at radius 3 is 2.50 bits per heavy atom. The fraction of sp³-hybridized carbons (Fsp3) is 0.136. The number of ether oxygens (including phenoxy) is 1. The monoisotopic (exact) mass is 372 g/mol. The minimum absolute atomic E-state index is 0.0183. The van der Waals surface area contributed by atoms with E-state index in [0.29, 0.717) is 22.7 Å². The van der Waals surface area contributed by atoms with Crippen LogP contribution >= 0.6 is 0 Å². The van der Waals surface area contributed by atoms with E-state index in [9.17, 15) is 14.9 Å². The van der Waals surface area contributed by atoms with E-state index in [-0.39, 0.29) is 17.6 Å². The van der Waals surface area contributed by atoms with Crippen molar-refractivity contribution in [2.75, 3.05) is 4.90 Å². The van der Waals surface area contributed by atoms with Gasteiger partial charge in [-0.15, -0.1) is 0 Å². The maximum atomic E-state index is 13.2. The highest BCUT2D eigenvalue weighted by molar-refractivity contribution is 6.08. The summed E-state index contributed by atoms with van der Waals surface area (Å²) >= 11 is 0. The number of hydrogen-bond donors (Lipinski definition) is 0. The first-order valence-corrected chi connectivity index (χ1v) is 8.99. The Kier molecular flexibility index (Phi) is 3.49. The van der Waals surface area contributed by atoms with Crippen LogP contribution in [-0.2, 0) is 4.79 Å². The van der Waals surface area contributed by atoms with E-state index in [2.05, 4.69) is 0 Å². The molecule has 0 aliphatic carbocycles. The van der Waals surface area contributed by atoms with Crippen LogP contribution in [0.2, 0.25) is 0 Å². The molecule has 0 N–H and O–H groups in total. The number of carbonyl (C=O) groups excluding carboxylic acids is 1. The number of fused-ring (bicyclic) bond motifs is 5. The Hall–Kier alpha value is -3.67. The Morgan fingerprint density at radius 2 is 1.75 bits per heavy atom. The summed E-state index contributed by atoms with van der Waals surface area (Å²) in [4.78, 5) is 25.8. The van der Waals surface area contributed by atoms with Crippen LogP contribution in [0.5, 0.6) is 11.5 Å². The van der Waals surface area contributed by atoms with Gasteiger partial charge >= 0.3 is 0 Å². The highest BCUT2D eigenvalue weighted by atomic mass is 16.6. The number of nitro benzene ring substituents is 1. The zero-order chi connectivity index (χ0) is 19.4. The Labute approximate surface area is 161 Å². The molecule has 0 unspecified atom stereocenters. The average molecular weight is 372 g/mol. The summed E-state index contributed by atoms with van der Waals surface area (Å²) in [5.41, 5.74) is 3.32. The van der Waals surface area contributed by atoms with Crippen LogP contribution in [0.1, 0.15) is 28.7 Å². The van der Waals surface area contributed by atoms with Crippen LogP contribution in [0.3, 0.4) is 0 Å². The zero-order valence-electron chi connectivity index (χ0n) is 15.0. The number of para-hydroxylation sites is 2. The third-order valence-electron chi connectivity index (χ3n) is 5.40. The number of carbonyl (C=O) groups is 1. The highest BCUT2D eigenvalue weighted by Gasteiger charge is 2.52. The zero-order valence-corrected chi connectivity index (χ0v) is 15.0. The highest BCUT2D eigenvalue weighted by Crippen LogP contribution is 2.56. The van der Waals surface area contributed by atoms with E-state index in [0.717, 1.165) is 11.1 Å². The Balaban J connectivity index is 1.71. The number of aryl methyl sites for hydroxylation is 1. The van der Waals surface area contributed by atoms with Gasteiger partial charge in [-0.2, -0.15) is 0 Å². The van der Waals surface area contributed by atoms with Gasteiger partial charge in [-0.1, -0.05) is 42.0 Å². The van der Waals surface area contributed by atoms with Gasteiger partial charge in [0.05, 0.1) is 22.6 Å². The molecule has 0 radical (unpaired) electrons. The Morgan fingerprint density at radius 1 is 1.00 bits per heavy atom. The number of nitrogens with zero attached hydrogens (tertiary/aromatic N) is 2. The fourth-order valence-electron chi connectivity index (χ4n) is 4.01. The second-order valence-electron chi connectivity index (χ2n) is 7.09. The van der Waals surface area contributed by atoms with Crippen molar-refractivity contribution in [2.24, 2.45) is 0 Å². The van der Waals surface area contributed by atoms with Crippen molar-refractivity contribution in [2.45, 2.75) is 18.9 Å². The lowest BCUT2D eigenvalue weighted by atomic mass is 9.77. The minimum atomic E-state index is -0.427. The molecule has 2 aliphatic heterocycles. The molecule has 0 spiro atoms. The van der Waals surface area contributed by atoms with Gasteiger partial charge in [0, 0.05) is 17.7 Å². The minimum Gasteiger partial charge on any atom is -0.455 e. The molecule has 1 saturated heterocycles. The van der Waals surface area contributed by atoms with Crippen LogP contribution < -0.4 is 9.64 Å². The smallest absolute Gasteiger partial charge is 0.270 e. The van der Waals surface area contributed by atoms with Crippen LogP contribution in [-0.4, -0.2) is 10.8 Å². The number of benzene rings is 3. The standard InChI is InChI=1S/C22H16N2O4/c1-13-6-8-14(9-7-13)20-21-16-12-15(24(26)27)10-11-18(16)28-19-5-3-2-4-17(19)23(21)22(20)25/h2-12,20-21H,1H3/t20-,21-/m0/s1. The van der Waals surface area contributed by atoms with Gasteiger partial charge < -0.3 is 4.74 Å². The third kappa shape index (κ3) is 2.31. The third-order valence-corrected chi connectivity index (χ3v) is 5.40. The predicted molar refractivity (Wildman–Crippen MR) is 104 cm³/mol. The number of non-ortho nitro benzene ring substituents is 1. The first-order chi connectivity index (χ1) is 13.5. The van der Waals surface area contributed by atoms with Crippen LogP contribution in [0.25, 0.3) is 0 Å². The van der Waals surface area contributed by atoms with Crippen LogP contribution in [0.15, 0.2) is 66.7 Å². The summed E-state index contributed by atoms with van der Waals surface area (Å²) in [7, 11) is 0. The van der Waals surface area contributed by atoms with Crippen molar-refractivity contribution in [1.82, 2.24) is 0 Å². The molecule has 138 valence electrons. The van der Waals surface area contributed by atoms with E-state index in [1.807, 2.05) is 49.4 Å². The van der Waals surface area contributed by atoms with Crippen molar-refractivity contribution in [1.29, 1.82) is 0 Å². The van der Waals surface area contributed by atoms with Gasteiger partial charge in [-0.3, -0.25) is 19.8 Å². The molecular weight excluding hydrogens is 356 g/mol. The van der Waals surface area contributed by atoms with Gasteiger partial charge in [0.15, 0.2) is 5.75 Å². The maximum Gasteiger partial charge on any atom is 0.270 e. The van der Waals surface area contributed by atoms with Crippen molar-refractivity contribution in [3.8, 4) is 11.5 Å². The summed E-state index contributed by atoms with van der Waals surface area (Å²) in [5.74, 6) is 0.659. The largest absolute Gasteiger partial charge is 0.455 e. The topological polar surface area (TPSA) is 72.7 Å². The average Bonchev–Trinajstić information content (AvgIpc) is 2.81. The molecule has 2 heterocycles. The summed E-state index contributed by atoms with van der Waals surface area (Å²) in [5, 5.41) is 11.3. The summed E-state index contributed by atoms with van der Waals surface area (Å²) in [6.07, 6.45) is 0. The molecule has 5 rings (SSSR count). The first kappa shape index (κ1) is 16.5. The fourth-order valence-corrected chi connectivity index (χ4v) is 4.01. The summed E-state index contributed by atoms with van der Waals surface area (Å²) in [6.45, 7) is 1.99. The van der Waals surface area contributed by atoms with E-state index in [1.165, 1.54) is 12.1 Å². The molecule has 2 aliphatic rings. The molecule has 28 heavy (non-hydrogen) atoms. The van der Waals surface area contributed by atoms with Crippen molar-refractivity contribution < 1.29 is 14.5 Å². The molecule has 3 aromatic carbocycles. The van der Waals surface area contributed by atoms with E-state index < -0.39 is 10.8 Å². The van der Waals surface area contributed by atoms with E-state index in [4.69, 9.17) is 4.74 Å². The van der Waals surface area contributed by atoms with Gasteiger partial charge in [-0.05, 0) is 30.7 Å². The van der Waals surface area contributed by atoms with Crippen molar-refractivity contribution in [3.63, 3.8) is 0 Å². The number of nitro groups is 1. The molecular formula is C22H16N2O4. The predicted octanol–water partition coefficient (Wildman–Crippen LogP) is 4.88. The quantitative estimate of drug-likeness (QED) is 0.365. The molecule has 2 atom stereocenters. The van der Waals surface area contributed by atoms with Gasteiger partial charge in [0.25, 0.3) is 5.69 Å². The number of β-lactam (4-membered cyclic amide) rings is 1. The number of hydrogen-bond acceptors (Lipinski definition) is 4. The maximum absolute atomic E-state index is 13.2. The van der Waals surface area contributed by atoms with Gasteiger partial charge in [0.2, 0.25) is 5.91 Å². The van der Waals surface area contributed by atoms with Gasteiger partial charge in [-0.25, -0.2) is 0 Å². The lowest BCUT2D eigenvalue weighted by Crippen LogP contribution is -2.53. The van der Waals surface area contributed by atoms with E-state index in [1.54, 1.807) is 17.0 Å². The van der Waals surface area contributed by atoms with Crippen LogP contribution in [0, 0.1) is 17.0 Å². The van der Waals surface area contributed by atoms with Crippen LogP contribution in [0.4, 0.5) is 11.4 Å². The molecule has 0 saturated carbocycles. The van der Waals surface area contributed by atoms with E-state index >= 15 is 0 Å². The van der Waals surface area contributed by atoms with Crippen molar-refractivity contribution >= 4 is 17.3 Å². The van der Waals surface area contributed by atoms with Crippen molar-refractivity contribution in [3.05, 3.63) is 93.5 Å². The normalized spacial score (nSPS) is 19.5. The summed E-state index contributed by atoms with van der Waals surface area (Å²) < 4.78 is 6.05. The molecule has 1 fully saturated rings. The summed E-state index contributed by atoms with van der Waals surface area (Å²) in [6, 6.07) is 19.4.